The normalized spacial score (nSPS) is 13.9. The molecule has 0 aliphatic heterocycles. The predicted octanol–water partition coefficient (Wildman–Crippen LogP) is -3.20. The van der Waals surface area contributed by atoms with Crippen LogP contribution < -0.4 is 16.4 Å². The molecular formula is C10H19N3O11S3. The average Bonchev–Trinajstić information content (AvgIpc) is 2.54. The molecule has 0 fully saturated rings. The molecule has 27 heavy (non-hydrogen) atoms. The van der Waals surface area contributed by atoms with Gasteiger partial charge in [-0.05, 0) is 6.42 Å². The van der Waals surface area contributed by atoms with Crippen LogP contribution in [0.3, 0.4) is 0 Å². The number of carboxylic acid groups (broad SMARTS) is 2. The van der Waals surface area contributed by atoms with Gasteiger partial charge in [-0.3, -0.25) is 28.3 Å². The van der Waals surface area contributed by atoms with Gasteiger partial charge in [0.05, 0.1) is 0 Å². The smallest absolute Gasteiger partial charge is 0.373 e. The molecule has 0 aromatic rings. The molecule has 8 N–H and O–H groups in total. The van der Waals surface area contributed by atoms with Gasteiger partial charge in [0.2, 0.25) is 11.8 Å². The number of amides is 2. The molecule has 0 bridgehead atoms. The lowest BCUT2D eigenvalue weighted by Crippen LogP contribution is -2.49. The number of thiol groups is 1. The minimum Gasteiger partial charge on any atom is -0.480 e. The fourth-order valence-corrected chi connectivity index (χ4v) is 1.41. The van der Waals surface area contributed by atoms with Gasteiger partial charge in [0.1, 0.15) is 18.6 Å². The van der Waals surface area contributed by atoms with Crippen LogP contribution in [0, 0.1) is 0 Å². The number of carboxylic acids is 2. The Labute approximate surface area is 160 Å². The van der Waals surface area contributed by atoms with E-state index in [1.54, 1.807) is 0 Å². The highest BCUT2D eigenvalue weighted by Crippen LogP contribution is 1.97. The maximum Gasteiger partial charge on any atom is 0.373 e. The van der Waals surface area contributed by atoms with Crippen LogP contribution in [0.1, 0.15) is 12.8 Å². The molecular weight excluding hydrogens is 434 g/mol. The van der Waals surface area contributed by atoms with Crippen molar-refractivity contribution in [3.8, 4) is 0 Å². The molecule has 0 aromatic carbocycles. The van der Waals surface area contributed by atoms with E-state index in [-0.39, 0.29) is 18.6 Å². The van der Waals surface area contributed by atoms with Gasteiger partial charge in [0, 0.05) is 12.2 Å². The number of rotatable bonds is 10. The Hall–Kier alpha value is -1.79. The molecule has 0 aliphatic carbocycles. The van der Waals surface area contributed by atoms with Gasteiger partial charge < -0.3 is 26.6 Å². The Morgan fingerprint density at radius 3 is 2.00 bits per heavy atom. The first kappa shape index (κ1) is 27.4. The Bertz CT molecular complexity index is 667. The van der Waals surface area contributed by atoms with Gasteiger partial charge in [0.25, 0.3) is 0 Å². The number of aliphatic carboxylic acids is 2. The topological polar surface area (TPSA) is 250 Å². The maximum atomic E-state index is 11.5. The molecule has 3 atom stereocenters. The van der Waals surface area contributed by atoms with Gasteiger partial charge >= 0.3 is 31.2 Å². The highest BCUT2D eigenvalue weighted by atomic mass is 33.2. The Morgan fingerprint density at radius 1 is 1.19 bits per heavy atom. The summed E-state index contributed by atoms with van der Waals surface area (Å²) < 4.78 is 43.0. The monoisotopic (exact) mass is 453 g/mol. The van der Waals surface area contributed by atoms with Gasteiger partial charge in [-0.2, -0.15) is 21.0 Å². The van der Waals surface area contributed by atoms with Crippen molar-refractivity contribution >= 4 is 55.6 Å². The van der Waals surface area contributed by atoms with Gasteiger partial charge in [-0.1, -0.05) is 0 Å². The first-order chi connectivity index (χ1) is 12.2. The maximum absolute atomic E-state index is 11.5. The zero-order valence-electron chi connectivity index (χ0n) is 13.5. The highest BCUT2D eigenvalue weighted by Gasteiger charge is 2.20. The van der Waals surface area contributed by atoms with Crippen molar-refractivity contribution in [2.24, 2.45) is 5.73 Å². The van der Waals surface area contributed by atoms with Crippen molar-refractivity contribution in [3.63, 3.8) is 0 Å². The van der Waals surface area contributed by atoms with Crippen LogP contribution in [0.25, 0.3) is 0 Å². The van der Waals surface area contributed by atoms with Crippen LogP contribution in [-0.2, 0) is 38.4 Å². The number of nitrogens with one attached hydrogen (secondary N) is 2. The first-order valence-electron chi connectivity index (χ1n) is 6.69. The van der Waals surface area contributed by atoms with Crippen molar-refractivity contribution in [1.29, 1.82) is 0 Å². The van der Waals surface area contributed by atoms with Crippen molar-refractivity contribution in [2.75, 3.05) is 12.3 Å². The summed E-state index contributed by atoms with van der Waals surface area (Å²) in [4.78, 5) is 43.7. The molecule has 3 unspecified atom stereocenters. The second-order valence-electron chi connectivity index (χ2n) is 4.54. The summed E-state index contributed by atoms with van der Waals surface area (Å²) >= 11 is 3.87. The summed E-state index contributed by atoms with van der Waals surface area (Å²) in [5, 5.41) is 21.4. The van der Waals surface area contributed by atoms with Gasteiger partial charge in [0.15, 0.2) is 0 Å². The Kier molecular flexibility index (Phi) is 13.6. The molecule has 0 radical (unpaired) electrons. The van der Waals surface area contributed by atoms with Crippen molar-refractivity contribution in [1.82, 2.24) is 10.6 Å². The van der Waals surface area contributed by atoms with E-state index in [1.165, 1.54) is 0 Å². The number of nitrogens with two attached hydrogens (primary N) is 1. The quantitative estimate of drug-likeness (QED) is 0.0704. The third-order valence-electron chi connectivity index (χ3n) is 2.43. The standard InChI is InChI=1S/C10H17N3O6S.H2O5S2/c11-5(10(18)19)1-2-7(14)13-6(4-20)9(17)12-3-8(15)16;1-6(2)7(3,4)5/h5-6,20H,1-4,11H2,(H,12,17)(H,13,14)(H,15,16)(H,18,19);(H,1,2)(H,3,4,5). The van der Waals surface area contributed by atoms with Gasteiger partial charge in [-0.15, -0.1) is 0 Å². The second-order valence-corrected chi connectivity index (χ2v) is 8.32. The third-order valence-corrected chi connectivity index (χ3v) is 4.23. The zero-order valence-corrected chi connectivity index (χ0v) is 16.0. The van der Waals surface area contributed by atoms with Crippen molar-refractivity contribution < 1.29 is 51.1 Å². The molecule has 0 saturated carbocycles. The summed E-state index contributed by atoms with van der Waals surface area (Å²) in [6.07, 6.45) is -0.235. The van der Waals surface area contributed by atoms with E-state index >= 15 is 0 Å². The molecule has 17 heteroatoms. The average molecular weight is 453 g/mol. The fourth-order valence-electron chi connectivity index (χ4n) is 1.16. The van der Waals surface area contributed by atoms with E-state index in [0.29, 0.717) is 0 Å². The van der Waals surface area contributed by atoms with Crippen LogP contribution in [0.4, 0.5) is 0 Å². The lowest BCUT2D eigenvalue weighted by Gasteiger charge is -2.16. The third kappa shape index (κ3) is 15.0. The number of hydrogen-bond acceptors (Lipinski definition) is 9. The first-order valence-corrected chi connectivity index (χ1v) is 10.4. The summed E-state index contributed by atoms with van der Waals surface area (Å²) in [7, 11) is -7.87. The minimum atomic E-state index is -4.71. The minimum absolute atomic E-state index is 0.0256. The molecule has 158 valence electrons. The number of carbonyl (C=O) groups is 4. The Balaban J connectivity index is 0. The predicted molar refractivity (Wildman–Crippen MR) is 93.6 cm³/mol. The van der Waals surface area contributed by atoms with E-state index in [2.05, 4.69) is 23.3 Å². The fraction of sp³-hybridized carbons (Fsp3) is 0.600. The molecule has 2 amide bonds. The van der Waals surface area contributed by atoms with Crippen molar-refractivity contribution in [2.45, 2.75) is 24.9 Å². The van der Waals surface area contributed by atoms with E-state index < -0.39 is 61.6 Å². The summed E-state index contributed by atoms with van der Waals surface area (Å²) in [6.45, 7) is -0.567. The molecule has 0 aromatic heterocycles. The molecule has 0 heterocycles. The van der Waals surface area contributed by atoms with Crippen molar-refractivity contribution in [3.05, 3.63) is 0 Å². The summed E-state index contributed by atoms with van der Waals surface area (Å²) in [5.74, 6) is -3.70. The lowest BCUT2D eigenvalue weighted by atomic mass is 10.1. The SMILES string of the molecule is NC(CCC(=O)NC(CS)C(=O)NCC(=O)O)C(=O)O.O=S(O)S(=O)(=O)O. The zero-order chi connectivity index (χ0) is 21.8. The van der Waals surface area contributed by atoms with Gasteiger partial charge in [-0.25, -0.2) is 4.21 Å². The largest absolute Gasteiger partial charge is 0.480 e. The summed E-state index contributed by atoms with van der Waals surface area (Å²) in [5.41, 5.74) is 5.23. The lowest BCUT2D eigenvalue weighted by molar-refractivity contribution is -0.139. The molecule has 0 spiro atoms. The van der Waals surface area contributed by atoms with Crippen LogP contribution in [0.5, 0.6) is 0 Å². The molecule has 0 rings (SSSR count). The highest BCUT2D eigenvalue weighted by molar-refractivity contribution is 8.59. The number of carbonyl (C=O) groups excluding carboxylic acids is 2. The number of hydrogen-bond donors (Lipinski definition) is 8. The van der Waals surface area contributed by atoms with Crippen LogP contribution >= 0.6 is 12.6 Å². The molecule has 0 saturated heterocycles. The summed E-state index contributed by atoms with van der Waals surface area (Å²) in [6, 6.07) is -2.15. The van der Waals surface area contributed by atoms with E-state index in [0.717, 1.165) is 0 Å². The Morgan fingerprint density at radius 2 is 1.67 bits per heavy atom. The second kappa shape index (κ2) is 13.4. The molecule has 14 nitrogen and oxygen atoms in total. The van der Waals surface area contributed by atoms with Crippen LogP contribution in [-0.4, -0.2) is 80.1 Å². The van der Waals surface area contributed by atoms with E-state index in [4.69, 9.17) is 25.1 Å². The van der Waals surface area contributed by atoms with E-state index in [1.807, 2.05) is 0 Å². The van der Waals surface area contributed by atoms with Crippen LogP contribution in [0.15, 0.2) is 0 Å². The molecule has 0 aliphatic rings. The van der Waals surface area contributed by atoms with E-state index in [9.17, 15) is 31.8 Å². The van der Waals surface area contributed by atoms with Crippen LogP contribution in [0.2, 0.25) is 0 Å².